The lowest BCUT2D eigenvalue weighted by Gasteiger charge is -2.04. The molecule has 0 aliphatic heterocycles. The van der Waals surface area contributed by atoms with Crippen LogP contribution < -0.4 is 5.32 Å². The van der Waals surface area contributed by atoms with Gasteiger partial charge >= 0.3 is 5.97 Å². The van der Waals surface area contributed by atoms with Gasteiger partial charge in [0.15, 0.2) is 0 Å². The molecule has 0 saturated heterocycles. The van der Waals surface area contributed by atoms with Gasteiger partial charge in [-0.25, -0.2) is 0 Å². The highest BCUT2D eigenvalue weighted by atomic mass is 16.4. The Kier molecular flexibility index (Phi) is 2.90. The van der Waals surface area contributed by atoms with E-state index in [0.29, 0.717) is 6.41 Å². The number of hydrogen-bond donors (Lipinski definition) is 2. The second-order valence-electron chi connectivity index (χ2n) is 4.06. The fraction of sp³-hybridized carbons (Fsp3) is 0.333. The molecular formula is C12H13NO3. The molecule has 0 heterocycles. The minimum atomic E-state index is -0.819. The van der Waals surface area contributed by atoms with Crippen molar-refractivity contribution < 1.29 is 14.7 Å². The van der Waals surface area contributed by atoms with E-state index in [2.05, 4.69) is 5.32 Å². The molecule has 0 fully saturated rings. The zero-order valence-electron chi connectivity index (χ0n) is 8.77. The van der Waals surface area contributed by atoms with Gasteiger partial charge in [0.1, 0.15) is 0 Å². The molecular weight excluding hydrogens is 206 g/mol. The fourth-order valence-corrected chi connectivity index (χ4v) is 2.17. The molecule has 4 nitrogen and oxygen atoms in total. The normalized spacial score (nSPS) is 17.9. The van der Waals surface area contributed by atoms with Crippen LogP contribution in [0.15, 0.2) is 18.2 Å². The quantitative estimate of drug-likeness (QED) is 0.726. The van der Waals surface area contributed by atoms with Gasteiger partial charge < -0.3 is 10.4 Å². The second-order valence-corrected chi connectivity index (χ2v) is 4.06. The van der Waals surface area contributed by atoms with E-state index in [1.54, 1.807) is 0 Å². The van der Waals surface area contributed by atoms with E-state index in [1.807, 2.05) is 18.2 Å². The molecule has 0 aromatic heterocycles. The van der Waals surface area contributed by atoms with Gasteiger partial charge in [-0.2, -0.15) is 0 Å². The molecule has 16 heavy (non-hydrogen) atoms. The van der Waals surface area contributed by atoms with Gasteiger partial charge in [-0.15, -0.1) is 0 Å². The summed E-state index contributed by atoms with van der Waals surface area (Å²) in [5.74, 6) is -0.819. The number of rotatable bonds is 4. The summed E-state index contributed by atoms with van der Waals surface area (Å²) in [5, 5.41) is 11.4. The van der Waals surface area contributed by atoms with E-state index >= 15 is 0 Å². The summed E-state index contributed by atoms with van der Waals surface area (Å²) >= 11 is 0. The van der Waals surface area contributed by atoms with Gasteiger partial charge in [0.25, 0.3) is 0 Å². The number of hydrogen-bond acceptors (Lipinski definition) is 2. The summed E-state index contributed by atoms with van der Waals surface area (Å²) in [6.07, 6.45) is 2.40. The number of carboxylic acids is 1. The topological polar surface area (TPSA) is 66.4 Å². The van der Waals surface area contributed by atoms with Gasteiger partial charge in [0.2, 0.25) is 6.41 Å². The van der Waals surface area contributed by atoms with E-state index in [1.165, 1.54) is 5.56 Å². The first-order valence-corrected chi connectivity index (χ1v) is 5.21. The van der Waals surface area contributed by atoms with Crippen LogP contribution >= 0.6 is 0 Å². The van der Waals surface area contributed by atoms with E-state index in [0.717, 1.165) is 24.0 Å². The summed E-state index contributed by atoms with van der Waals surface area (Å²) in [4.78, 5) is 20.9. The highest BCUT2D eigenvalue weighted by Gasteiger charge is 2.20. The second kappa shape index (κ2) is 4.35. The Morgan fingerprint density at radius 1 is 1.44 bits per heavy atom. The largest absolute Gasteiger partial charge is 0.481 e. The average Bonchev–Trinajstić information content (AvgIpc) is 2.59. The van der Waals surface area contributed by atoms with Crippen molar-refractivity contribution in [3.63, 3.8) is 0 Å². The van der Waals surface area contributed by atoms with Crippen LogP contribution in [0.25, 0.3) is 0 Å². The van der Waals surface area contributed by atoms with Crippen LogP contribution in [0.1, 0.15) is 16.7 Å². The van der Waals surface area contributed by atoms with Gasteiger partial charge in [-0.05, 0) is 29.5 Å². The van der Waals surface area contributed by atoms with Crippen LogP contribution in [0.2, 0.25) is 0 Å². The Morgan fingerprint density at radius 2 is 2.19 bits per heavy atom. The lowest BCUT2D eigenvalue weighted by Crippen LogP contribution is -2.27. The molecule has 1 aromatic rings. The predicted molar refractivity (Wildman–Crippen MR) is 58.2 cm³/mol. The first-order valence-electron chi connectivity index (χ1n) is 5.21. The Bertz CT molecular complexity index is 428. The monoisotopic (exact) mass is 219 g/mol. The molecule has 0 bridgehead atoms. The first-order chi connectivity index (χ1) is 7.69. The SMILES string of the molecule is O=CNC1Cc2ccc(CC(=O)O)cc2C1. The lowest BCUT2D eigenvalue weighted by atomic mass is 10.0. The Hall–Kier alpha value is -1.84. The third kappa shape index (κ3) is 2.21. The average molecular weight is 219 g/mol. The fourth-order valence-electron chi connectivity index (χ4n) is 2.17. The summed E-state index contributed by atoms with van der Waals surface area (Å²) in [6, 6.07) is 5.89. The van der Waals surface area contributed by atoms with Crippen molar-refractivity contribution in [1.29, 1.82) is 0 Å². The molecule has 1 atom stereocenters. The number of benzene rings is 1. The summed E-state index contributed by atoms with van der Waals surface area (Å²) < 4.78 is 0. The van der Waals surface area contributed by atoms with Crippen molar-refractivity contribution in [1.82, 2.24) is 5.32 Å². The zero-order valence-corrected chi connectivity index (χ0v) is 8.77. The third-order valence-electron chi connectivity index (χ3n) is 2.86. The van der Waals surface area contributed by atoms with Crippen molar-refractivity contribution >= 4 is 12.4 Å². The molecule has 1 amide bonds. The standard InChI is InChI=1S/C12H13NO3/c14-7-13-11-5-9-2-1-8(4-12(15)16)3-10(9)6-11/h1-3,7,11H,4-6H2,(H,13,14)(H,15,16). The van der Waals surface area contributed by atoms with Gasteiger partial charge in [0.05, 0.1) is 6.42 Å². The summed E-state index contributed by atoms with van der Waals surface area (Å²) in [5.41, 5.74) is 3.17. The van der Waals surface area contributed by atoms with E-state index in [9.17, 15) is 9.59 Å². The van der Waals surface area contributed by atoms with E-state index in [4.69, 9.17) is 5.11 Å². The summed E-state index contributed by atoms with van der Waals surface area (Å²) in [7, 11) is 0. The smallest absolute Gasteiger partial charge is 0.307 e. The summed E-state index contributed by atoms with van der Waals surface area (Å²) in [6.45, 7) is 0. The van der Waals surface area contributed by atoms with Gasteiger partial charge in [-0.3, -0.25) is 9.59 Å². The molecule has 4 heteroatoms. The van der Waals surface area contributed by atoms with Crippen molar-refractivity contribution in [3.8, 4) is 0 Å². The van der Waals surface area contributed by atoms with Crippen molar-refractivity contribution in [2.75, 3.05) is 0 Å². The molecule has 2 N–H and O–H groups in total. The molecule has 1 aromatic carbocycles. The molecule has 1 aliphatic carbocycles. The molecule has 1 unspecified atom stereocenters. The first kappa shape index (κ1) is 10.7. The number of carboxylic acid groups (broad SMARTS) is 1. The molecule has 0 spiro atoms. The third-order valence-corrected chi connectivity index (χ3v) is 2.86. The molecule has 84 valence electrons. The number of carbonyl (C=O) groups is 2. The van der Waals surface area contributed by atoms with E-state index in [-0.39, 0.29) is 12.5 Å². The van der Waals surface area contributed by atoms with Crippen LogP contribution in [-0.4, -0.2) is 23.5 Å². The molecule has 1 aliphatic rings. The molecule has 0 saturated carbocycles. The minimum absolute atomic E-state index is 0.0546. The number of amides is 1. The Labute approximate surface area is 93.3 Å². The zero-order chi connectivity index (χ0) is 11.5. The maximum atomic E-state index is 10.6. The minimum Gasteiger partial charge on any atom is -0.481 e. The van der Waals surface area contributed by atoms with Gasteiger partial charge in [0, 0.05) is 6.04 Å². The molecule has 2 rings (SSSR count). The van der Waals surface area contributed by atoms with E-state index < -0.39 is 5.97 Å². The maximum absolute atomic E-state index is 10.6. The van der Waals surface area contributed by atoms with Crippen LogP contribution in [0, 0.1) is 0 Å². The molecule has 0 radical (unpaired) electrons. The lowest BCUT2D eigenvalue weighted by molar-refractivity contribution is -0.136. The van der Waals surface area contributed by atoms with Crippen molar-refractivity contribution in [2.45, 2.75) is 25.3 Å². The van der Waals surface area contributed by atoms with Crippen molar-refractivity contribution in [3.05, 3.63) is 34.9 Å². The highest BCUT2D eigenvalue weighted by Crippen LogP contribution is 2.23. The number of fused-ring (bicyclic) bond motifs is 1. The predicted octanol–water partition coefficient (Wildman–Crippen LogP) is 0.527. The van der Waals surface area contributed by atoms with Crippen LogP contribution in [0.3, 0.4) is 0 Å². The number of aliphatic carboxylic acids is 1. The van der Waals surface area contributed by atoms with Crippen LogP contribution in [-0.2, 0) is 28.9 Å². The number of nitrogens with one attached hydrogen (secondary N) is 1. The van der Waals surface area contributed by atoms with Crippen LogP contribution in [0.5, 0.6) is 0 Å². The highest BCUT2D eigenvalue weighted by molar-refractivity contribution is 5.70. The maximum Gasteiger partial charge on any atom is 0.307 e. The Morgan fingerprint density at radius 3 is 2.88 bits per heavy atom. The van der Waals surface area contributed by atoms with Gasteiger partial charge in [-0.1, -0.05) is 18.2 Å². The number of carbonyl (C=O) groups excluding carboxylic acids is 1. The Balaban J connectivity index is 2.14. The van der Waals surface area contributed by atoms with Crippen molar-refractivity contribution in [2.24, 2.45) is 0 Å². The van der Waals surface area contributed by atoms with Crippen LogP contribution in [0.4, 0.5) is 0 Å².